The second kappa shape index (κ2) is 2.88. The van der Waals surface area contributed by atoms with E-state index in [1.807, 2.05) is 6.07 Å². The lowest BCUT2D eigenvalue weighted by molar-refractivity contribution is 0.588. The van der Waals surface area contributed by atoms with Crippen molar-refractivity contribution in [1.82, 2.24) is 14.8 Å². The molecule has 0 saturated heterocycles. The van der Waals surface area contributed by atoms with E-state index >= 15 is 0 Å². The quantitative estimate of drug-likeness (QED) is 0.706. The standard InChI is InChI=1S/C8H7N5O/c1-13-3-2-5(12-13)8-11-6(4-9)7(10)14-8/h2-3H,10H2,1H3. The Kier molecular flexibility index (Phi) is 1.71. The summed E-state index contributed by atoms with van der Waals surface area (Å²) in [6, 6.07) is 3.56. The van der Waals surface area contributed by atoms with Crippen LogP contribution in [0.4, 0.5) is 5.88 Å². The number of hydrogen-bond donors (Lipinski definition) is 1. The van der Waals surface area contributed by atoms with E-state index in [0.717, 1.165) is 0 Å². The molecule has 0 radical (unpaired) electrons. The van der Waals surface area contributed by atoms with E-state index in [-0.39, 0.29) is 17.5 Å². The molecule has 14 heavy (non-hydrogen) atoms. The summed E-state index contributed by atoms with van der Waals surface area (Å²) in [5.74, 6) is 0.285. The zero-order valence-corrected chi connectivity index (χ0v) is 7.43. The topological polar surface area (TPSA) is 93.7 Å². The van der Waals surface area contributed by atoms with Gasteiger partial charge in [-0.2, -0.15) is 15.3 Å². The minimum absolute atomic E-state index is 0.0214. The molecule has 0 spiro atoms. The number of anilines is 1. The summed E-state index contributed by atoms with van der Waals surface area (Å²) < 4.78 is 6.69. The Labute approximate surface area is 79.6 Å². The van der Waals surface area contributed by atoms with E-state index in [0.29, 0.717) is 5.69 Å². The Morgan fingerprint density at radius 3 is 2.93 bits per heavy atom. The SMILES string of the molecule is Cn1ccc(-c2nc(C#N)c(N)o2)n1. The minimum atomic E-state index is 0.0214. The van der Waals surface area contributed by atoms with E-state index in [4.69, 9.17) is 15.4 Å². The third-order valence-corrected chi connectivity index (χ3v) is 1.69. The molecular formula is C8H7N5O. The number of aryl methyl sites for hydroxylation is 1. The number of nitriles is 1. The molecule has 2 heterocycles. The van der Waals surface area contributed by atoms with Gasteiger partial charge in [-0.25, -0.2) is 0 Å². The number of oxazole rings is 1. The molecule has 6 heteroatoms. The predicted molar refractivity (Wildman–Crippen MR) is 47.8 cm³/mol. The van der Waals surface area contributed by atoms with Gasteiger partial charge in [0.25, 0.3) is 5.89 Å². The van der Waals surface area contributed by atoms with Crippen LogP contribution in [0.2, 0.25) is 0 Å². The third-order valence-electron chi connectivity index (χ3n) is 1.69. The molecule has 6 nitrogen and oxygen atoms in total. The van der Waals surface area contributed by atoms with Crippen LogP contribution in [0, 0.1) is 11.3 Å². The first-order valence-electron chi connectivity index (χ1n) is 3.87. The summed E-state index contributed by atoms with van der Waals surface area (Å²) in [5, 5.41) is 12.7. The lowest BCUT2D eigenvalue weighted by Gasteiger charge is -1.86. The van der Waals surface area contributed by atoms with Crippen molar-refractivity contribution in [3.8, 4) is 17.7 Å². The zero-order valence-electron chi connectivity index (χ0n) is 7.43. The van der Waals surface area contributed by atoms with Crippen molar-refractivity contribution in [2.75, 3.05) is 5.73 Å². The molecule has 2 N–H and O–H groups in total. The van der Waals surface area contributed by atoms with Crippen LogP contribution in [-0.4, -0.2) is 14.8 Å². The summed E-state index contributed by atoms with van der Waals surface area (Å²) in [6.07, 6.45) is 1.75. The Hall–Kier alpha value is -2.29. The molecule has 0 atom stereocenters. The second-order valence-corrected chi connectivity index (χ2v) is 2.72. The van der Waals surface area contributed by atoms with Crippen molar-refractivity contribution in [2.24, 2.45) is 7.05 Å². The summed E-state index contributed by atoms with van der Waals surface area (Å²) in [5.41, 5.74) is 6.05. The molecule has 70 valence electrons. The average Bonchev–Trinajstić information content (AvgIpc) is 2.71. The summed E-state index contributed by atoms with van der Waals surface area (Å²) in [4.78, 5) is 3.88. The number of hydrogen-bond acceptors (Lipinski definition) is 5. The molecule has 0 amide bonds. The van der Waals surface area contributed by atoms with Crippen molar-refractivity contribution in [3.63, 3.8) is 0 Å². The highest BCUT2D eigenvalue weighted by Gasteiger charge is 2.13. The highest BCUT2D eigenvalue weighted by atomic mass is 16.4. The highest BCUT2D eigenvalue weighted by Crippen LogP contribution is 2.20. The van der Waals surface area contributed by atoms with Crippen LogP contribution >= 0.6 is 0 Å². The van der Waals surface area contributed by atoms with Gasteiger partial charge >= 0.3 is 0 Å². The molecule has 2 rings (SSSR count). The predicted octanol–water partition coefficient (Wildman–Crippen LogP) is 0.529. The summed E-state index contributed by atoms with van der Waals surface area (Å²) in [7, 11) is 1.78. The molecule has 0 unspecified atom stereocenters. The number of nitrogens with two attached hydrogens (primary N) is 1. The monoisotopic (exact) mass is 189 g/mol. The van der Waals surface area contributed by atoms with Crippen molar-refractivity contribution < 1.29 is 4.42 Å². The van der Waals surface area contributed by atoms with Crippen molar-refractivity contribution >= 4 is 5.88 Å². The third kappa shape index (κ3) is 1.21. The van der Waals surface area contributed by atoms with Crippen LogP contribution < -0.4 is 5.73 Å². The van der Waals surface area contributed by atoms with Crippen LogP contribution in [-0.2, 0) is 7.05 Å². The van der Waals surface area contributed by atoms with Gasteiger partial charge in [-0.15, -0.1) is 0 Å². The fraction of sp³-hybridized carbons (Fsp3) is 0.125. The van der Waals surface area contributed by atoms with E-state index in [2.05, 4.69) is 10.1 Å². The highest BCUT2D eigenvalue weighted by molar-refractivity contribution is 5.53. The van der Waals surface area contributed by atoms with Crippen LogP contribution in [0.5, 0.6) is 0 Å². The fourth-order valence-electron chi connectivity index (χ4n) is 1.05. The van der Waals surface area contributed by atoms with Gasteiger partial charge in [-0.3, -0.25) is 4.68 Å². The van der Waals surface area contributed by atoms with Gasteiger partial charge in [0, 0.05) is 13.2 Å². The molecule has 0 bridgehead atoms. The first kappa shape index (κ1) is 8.31. The van der Waals surface area contributed by atoms with Gasteiger partial charge in [0.15, 0.2) is 0 Å². The van der Waals surface area contributed by atoms with Crippen LogP contribution in [0.25, 0.3) is 11.6 Å². The maximum Gasteiger partial charge on any atom is 0.250 e. The number of aromatic nitrogens is 3. The molecule has 2 aromatic heterocycles. The molecule has 0 aromatic carbocycles. The Morgan fingerprint density at radius 1 is 1.64 bits per heavy atom. The Morgan fingerprint density at radius 2 is 2.43 bits per heavy atom. The normalized spacial score (nSPS) is 10.0. The molecular weight excluding hydrogens is 182 g/mol. The van der Waals surface area contributed by atoms with Gasteiger partial charge in [0.05, 0.1) is 0 Å². The lowest BCUT2D eigenvalue weighted by atomic mass is 10.4. The number of rotatable bonds is 1. The first-order valence-corrected chi connectivity index (χ1v) is 3.87. The molecule has 0 fully saturated rings. The van der Waals surface area contributed by atoms with Gasteiger partial charge in [-0.1, -0.05) is 0 Å². The lowest BCUT2D eigenvalue weighted by Crippen LogP contribution is -1.87. The van der Waals surface area contributed by atoms with Crippen molar-refractivity contribution in [2.45, 2.75) is 0 Å². The molecule has 0 aliphatic heterocycles. The molecule has 0 aliphatic carbocycles. The summed E-state index contributed by atoms with van der Waals surface area (Å²) in [6.45, 7) is 0. The van der Waals surface area contributed by atoms with Crippen LogP contribution in [0.15, 0.2) is 16.7 Å². The Balaban J connectivity index is 2.48. The molecule has 0 saturated carbocycles. The van der Waals surface area contributed by atoms with E-state index < -0.39 is 0 Å². The number of nitrogen functional groups attached to an aromatic ring is 1. The van der Waals surface area contributed by atoms with E-state index in [1.165, 1.54) is 0 Å². The smallest absolute Gasteiger partial charge is 0.250 e. The zero-order chi connectivity index (χ0) is 10.1. The van der Waals surface area contributed by atoms with Gasteiger partial charge in [0.1, 0.15) is 11.8 Å². The maximum absolute atomic E-state index is 8.61. The average molecular weight is 189 g/mol. The molecule has 2 aromatic rings. The summed E-state index contributed by atoms with van der Waals surface area (Å²) >= 11 is 0. The second-order valence-electron chi connectivity index (χ2n) is 2.72. The van der Waals surface area contributed by atoms with Crippen LogP contribution in [0.1, 0.15) is 5.69 Å². The fourth-order valence-corrected chi connectivity index (χ4v) is 1.05. The first-order chi connectivity index (χ1) is 6.70. The maximum atomic E-state index is 8.61. The Bertz CT molecular complexity index is 504. The van der Waals surface area contributed by atoms with Gasteiger partial charge in [0.2, 0.25) is 11.6 Å². The van der Waals surface area contributed by atoms with E-state index in [9.17, 15) is 0 Å². The van der Waals surface area contributed by atoms with Gasteiger partial charge in [-0.05, 0) is 6.07 Å². The largest absolute Gasteiger partial charge is 0.418 e. The molecule has 0 aliphatic rings. The van der Waals surface area contributed by atoms with Crippen molar-refractivity contribution in [1.29, 1.82) is 5.26 Å². The van der Waals surface area contributed by atoms with Crippen molar-refractivity contribution in [3.05, 3.63) is 18.0 Å². The van der Waals surface area contributed by atoms with Crippen LogP contribution in [0.3, 0.4) is 0 Å². The van der Waals surface area contributed by atoms with Gasteiger partial charge < -0.3 is 10.2 Å². The van der Waals surface area contributed by atoms with E-state index in [1.54, 1.807) is 24.0 Å². The number of nitrogens with zero attached hydrogens (tertiary/aromatic N) is 4. The minimum Gasteiger partial charge on any atom is -0.418 e.